The van der Waals surface area contributed by atoms with Gasteiger partial charge >= 0.3 is 0 Å². The van der Waals surface area contributed by atoms with Crippen LogP contribution in [-0.2, 0) is 0 Å². The number of hydrogen-bond acceptors (Lipinski definition) is 5. The smallest absolute Gasteiger partial charge is 0.255 e. The van der Waals surface area contributed by atoms with Gasteiger partial charge < -0.3 is 25.8 Å². The third kappa shape index (κ3) is 6.02. The van der Waals surface area contributed by atoms with Gasteiger partial charge in [0.05, 0.1) is 29.5 Å². The number of piperidine rings is 1. The molecule has 4 N–H and O–H groups in total. The number of nitrogens with zero attached hydrogens (tertiary/aromatic N) is 1. The summed E-state index contributed by atoms with van der Waals surface area (Å²) < 4.78 is 5.24. The molecular weight excluding hydrogens is 364 g/mol. The molecule has 1 aliphatic heterocycles. The van der Waals surface area contributed by atoms with E-state index in [0.29, 0.717) is 40.4 Å². The van der Waals surface area contributed by atoms with Crippen LogP contribution >= 0.6 is 11.6 Å². The summed E-state index contributed by atoms with van der Waals surface area (Å²) in [6.45, 7) is 5.34. The molecule has 0 aliphatic carbocycles. The summed E-state index contributed by atoms with van der Waals surface area (Å²) in [4.78, 5) is 14.8. The molecule has 8 heteroatoms. The van der Waals surface area contributed by atoms with Crippen LogP contribution in [0.1, 0.15) is 30.1 Å². The van der Waals surface area contributed by atoms with E-state index in [1.54, 1.807) is 12.1 Å². The number of nitrogens with two attached hydrogens (primary N) is 1. The number of aliphatic hydroxyl groups excluding tert-OH is 1. The highest BCUT2D eigenvalue weighted by Crippen LogP contribution is 2.29. The highest BCUT2D eigenvalue weighted by molar-refractivity contribution is 6.33. The van der Waals surface area contributed by atoms with Crippen molar-refractivity contribution in [3.05, 3.63) is 22.7 Å². The van der Waals surface area contributed by atoms with Crippen molar-refractivity contribution in [2.24, 2.45) is 11.8 Å². The lowest BCUT2D eigenvalue weighted by Gasteiger charge is -2.34. The summed E-state index contributed by atoms with van der Waals surface area (Å²) in [5.74, 6) is 0.969. The number of aliphatic hydroxyl groups is 1. The molecule has 0 spiro atoms. The molecule has 2 unspecified atom stereocenters. The van der Waals surface area contributed by atoms with Crippen molar-refractivity contribution < 1.29 is 14.6 Å². The average molecular weight is 396 g/mol. The van der Waals surface area contributed by atoms with Crippen molar-refractivity contribution in [2.75, 3.05) is 39.0 Å². The van der Waals surface area contributed by atoms with Crippen molar-refractivity contribution in [2.45, 2.75) is 32.2 Å². The van der Waals surface area contributed by atoms with E-state index in [0.717, 1.165) is 38.8 Å². The summed E-state index contributed by atoms with van der Waals surface area (Å²) in [6.07, 6.45) is 2.73. The SMILES string of the molecule is BCC(C)C(O)CN1CCC(CNC(=O)c2cc(Cl)c(N)cc2OC)CC1. The zero-order valence-corrected chi connectivity index (χ0v) is 17.3. The molecule has 6 nitrogen and oxygen atoms in total. The van der Waals surface area contributed by atoms with E-state index >= 15 is 0 Å². The molecule has 1 aromatic rings. The molecule has 1 heterocycles. The Hall–Kier alpha value is -1.44. The van der Waals surface area contributed by atoms with Crippen LogP contribution in [0.5, 0.6) is 5.75 Å². The quantitative estimate of drug-likeness (QED) is 0.458. The maximum atomic E-state index is 12.5. The van der Waals surface area contributed by atoms with E-state index in [9.17, 15) is 9.90 Å². The minimum absolute atomic E-state index is 0.205. The molecule has 0 aromatic heterocycles. The molecule has 1 aliphatic rings. The second-order valence-electron chi connectivity index (χ2n) is 7.48. The van der Waals surface area contributed by atoms with Crippen LogP contribution in [0.3, 0.4) is 0 Å². The largest absolute Gasteiger partial charge is 0.496 e. The van der Waals surface area contributed by atoms with Crippen molar-refractivity contribution in [1.82, 2.24) is 10.2 Å². The highest BCUT2D eigenvalue weighted by atomic mass is 35.5. The average Bonchev–Trinajstić information content (AvgIpc) is 2.68. The molecule has 1 amide bonds. The number of nitrogen functional groups attached to an aromatic ring is 1. The van der Waals surface area contributed by atoms with E-state index in [1.807, 2.05) is 0 Å². The summed E-state index contributed by atoms with van der Waals surface area (Å²) in [5, 5.41) is 13.5. The molecule has 2 rings (SSSR count). The predicted octanol–water partition coefficient (Wildman–Crippen LogP) is 1.42. The molecule has 27 heavy (non-hydrogen) atoms. The van der Waals surface area contributed by atoms with E-state index in [1.165, 1.54) is 7.11 Å². The van der Waals surface area contributed by atoms with Crippen LogP contribution in [0, 0.1) is 11.8 Å². The van der Waals surface area contributed by atoms with E-state index in [-0.39, 0.29) is 12.0 Å². The van der Waals surface area contributed by atoms with Crippen LogP contribution in [0.4, 0.5) is 5.69 Å². The van der Waals surface area contributed by atoms with Gasteiger partial charge in [-0.3, -0.25) is 4.79 Å². The maximum absolute atomic E-state index is 12.5. The fourth-order valence-electron chi connectivity index (χ4n) is 3.34. The van der Waals surface area contributed by atoms with Gasteiger partial charge in [0.1, 0.15) is 13.6 Å². The first-order valence-electron chi connectivity index (χ1n) is 9.67. The Labute approximate surface area is 167 Å². The highest BCUT2D eigenvalue weighted by Gasteiger charge is 2.23. The number of amides is 1. The summed E-state index contributed by atoms with van der Waals surface area (Å²) in [5.41, 5.74) is 6.55. The fraction of sp³-hybridized carbons (Fsp3) is 0.632. The van der Waals surface area contributed by atoms with E-state index < -0.39 is 0 Å². The standard InChI is InChI=1S/C19H31BClN3O3/c1-12(9-20)17(25)11-24-5-3-13(4-6-24)10-23-19(26)14-7-15(21)16(22)8-18(14)27-2/h7-8,12-13,17,25H,3-6,9-11,20,22H2,1-2H3,(H,23,26). The van der Waals surface area contributed by atoms with Crippen LogP contribution in [0.25, 0.3) is 0 Å². The monoisotopic (exact) mass is 395 g/mol. The normalized spacial score (nSPS) is 18.1. The van der Waals surface area contributed by atoms with Crippen LogP contribution in [0.2, 0.25) is 11.3 Å². The van der Waals surface area contributed by atoms with E-state index in [2.05, 4.69) is 25.0 Å². The molecule has 2 atom stereocenters. The number of hydrogen-bond donors (Lipinski definition) is 3. The molecule has 0 bridgehead atoms. The van der Waals surface area contributed by atoms with Gasteiger partial charge in [-0.25, -0.2) is 0 Å². The molecular formula is C19H31BClN3O3. The lowest BCUT2D eigenvalue weighted by Crippen LogP contribution is -2.43. The minimum atomic E-state index is -0.269. The number of β-amino-alcohol motifs (C(OH)–C–C–N with tert-alkyl or cyclic N) is 1. The predicted molar refractivity (Wildman–Crippen MR) is 112 cm³/mol. The van der Waals surface area contributed by atoms with Gasteiger partial charge in [0.25, 0.3) is 5.91 Å². The zero-order valence-electron chi connectivity index (χ0n) is 16.5. The Morgan fingerprint density at radius 1 is 1.48 bits per heavy atom. The molecule has 1 saturated heterocycles. The number of likely N-dealkylation sites (tertiary alicyclic amines) is 1. The van der Waals surface area contributed by atoms with Crippen LogP contribution in [0.15, 0.2) is 12.1 Å². The number of nitrogens with one attached hydrogen (secondary N) is 1. The molecule has 1 aromatic carbocycles. The lowest BCUT2D eigenvalue weighted by molar-refractivity contribution is 0.0602. The second-order valence-corrected chi connectivity index (χ2v) is 7.89. The van der Waals surface area contributed by atoms with Gasteiger partial charge in [-0.2, -0.15) is 0 Å². The summed E-state index contributed by atoms with van der Waals surface area (Å²) in [7, 11) is 3.61. The third-order valence-corrected chi connectivity index (χ3v) is 5.90. The number of rotatable bonds is 8. The Bertz CT molecular complexity index is 639. The van der Waals surface area contributed by atoms with E-state index in [4.69, 9.17) is 22.1 Å². The number of ether oxygens (including phenoxy) is 1. The van der Waals surface area contributed by atoms with Crippen molar-refractivity contribution in [1.29, 1.82) is 0 Å². The van der Waals surface area contributed by atoms with Crippen LogP contribution in [-0.4, -0.2) is 63.2 Å². The molecule has 150 valence electrons. The maximum Gasteiger partial charge on any atom is 0.255 e. The molecule has 1 fully saturated rings. The number of carbonyl (C=O) groups is 1. The number of anilines is 1. The lowest BCUT2D eigenvalue weighted by atomic mass is 9.88. The number of carbonyl (C=O) groups excluding carboxylic acids is 1. The second kappa shape index (κ2) is 10.2. The van der Waals surface area contributed by atoms with Gasteiger partial charge in [0.15, 0.2) is 0 Å². The van der Waals surface area contributed by atoms with Gasteiger partial charge in [0.2, 0.25) is 0 Å². The topological polar surface area (TPSA) is 87.8 Å². The zero-order chi connectivity index (χ0) is 20.0. The first-order chi connectivity index (χ1) is 12.8. The Morgan fingerprint density at radius 2 is 2.15 bits per heavy atom. The Kier molecular flexibility index (Phi) is 8.26. The fourth-order valence-corrected chi connectivity index (χ4v) is 3.50. The molecule has 0 saturated carbocycles. The summed E-state index contributed by atoms with van der Waals surface area (Å²) >= 11 is 6.04. The van der Waals surface area contributed by atoms with Gasteiger partial charge in [-0.1, -0.05) is 24.8 Å². The van der Waals surface area contributed by atoms with Crippen molar-refractivity contribution in [3.8, 4) is 5.75 Å². The summed E-state index contributed by atoms with van der Waals surface area (Å²) in [6, 6.07) is 3.11. The number of benzene rings is 1. The van der Waals surface area contributed by atoms with Gasteiger partial charge in [0, 0.05) is 19.2 Å². The van der Waals surface area contributed by atoms with Crippen LogP contribution < -0.4 is 15.8 Å². The number of halogens is 1. The first kappa shape index (κ1) is 21.9. The Balaban J connectivity index is 1.82. The third-order valence-electron chi connectivity index (χ3n) is 5.57. The van der Waals surface area contributed by atoms with Gasteiger partial charge in [-0.15, -0.1) is 0 Å². The van der Waals surface area contributed by atoms with Crippen molar-refractivity contribution in [3.63, 3.8) is 0 Å². The van der Waals surface area contributed by atoms with Gasteiger partial charge in [-0.05, 0) is 43.8 Å². The number of methoxy groups -OCH3 is 1. The molecule has 0 radical (unpaired) electrons. The van der Waals surface area contributed by atoms with Crippen molar-refractivity contribution >= 4 is 31.0 Å². The minimum Gasteiger partial charge on any atom is -0.496 e. The first-order valence-corrected chi connectivity index (χ1v) is 10.0. The Morgan fingerprint density at radius 3 is 2.74 bits per heavy atom.